The minimum absolute atomic E-state index is 0.304. The Morgan fingerprint density at radius 2 is 2.00 bits per heavy atom. The molecule has 0 aliphatic carbocycles. The van der Waals surface area contributed by atoms with Crippen LogP contribution in [-0.2, 0) is 13.0 Å². The molecule has 0 aliphatic heterocycles. The van der Waals surface area contributed by atoms with Gasteiger partial charge in [-0.25, -0.2) is 0 Å². The molecule has 0 bridgehead atoms. The van der Waals surface area contributed by atoms with Gasteiger partial charge in [0.05, 0.1) is 6.54 Å². The third-order valence-corrected chi connectivity index (χ3v) is 2.38. The van der Waals surface area contributed by atoms with Crippen LogP contribution in [0.4, 0.5) is 0 Å². The van der Waals surface area contributed by atoms with Crippen LogP contribution in [0, 0.1) is 0 Å². The number of unbranched alkanes of at least 4 members (excludes halogenated alkanes) is 2. The van der Waals surface area contributed by atoms with Crippen molar-refractivity contribution in [3.05, 3.63) is 23.7 Å². The van der Waals surface area contributed by atoms with Crippen LogP contribution in [0.15, 0.2) is 16.5 Å². The molecule has 0 aromatic carbocycles. The van der Waals surface area contributed by atoms with Crippen molar-refractivity contribution >= 4 is 0 Å². The van der Waals surface area contributed by atoms with Crippen LogP contribution in [0.1, 0.15) is 37.7 Å². The molecular weight excluding hydrogens is 190 g/mol. The average Bonchev–Trinajstić information content (AvgIpc) is 2.71. The number of aliphatic hydroxyl groups excluding tert-OH is 1. The smallest absolute Gasteiger partial charge is 0.117 e. The fourth-order valence-electron chi connectivity index (χ4n) is 1.46. The molecule has 15 heavy (non-hydrogen) atoms. The quantitative estimate of drug-likeness (QED) is 0.647. The topological polar surface area (TPSA) is 45.4 Å². The highest BCUT2D eigenvalue weighted by molar-refractivity contribution is 5.06. The number of furan rings is 1. The highest BCUT2D eigenvalue weighted by Gasteiger charge is 1.98. The maximum atomic E-state index is 8.60. The van der Waals surface area contributed by atoms with Crippen LogP contribution in [0.25, 0.3) is 0 Å². The van der Waals surface area contributed by atoms with Gasteiger partial charge < -0.3 is 14.8 Å². The Balaban J connectivity index is 2.04. The molecule has 86 valence electrons. The van der Waals surface area contributed by atoms with Crippen molar-refractivity contribution in [1.29, 1.82) is 0 Å². The Bertz CT molecular complexity index is 258. The number of hydrogen-bond acceptors (Lipinski definition) is 3. The van der Waals surface area contributed by atoms with Crippen molar-refractivity contribution in [2.45, 2.75) is 39.2 Å². The number of hydrogen-bond donors (Lipinski definition) is 2. The van der Waals surface area contributed by atoms with Crippen LogP contribution < -0.4 is 5.32 Å². The van der Waals surface area contributed by atoms with E-state index in [0.717, 1.165) is 50.3 Å². The van der Waals surface area contributed by atoms with Gasteiger partial charge in [-0.1, -0.05) is 6.92 Å². The van der Waals surface area contributed by atoms with E-state index < -0.39 is 0 Å². The zero-order valence-corrected chi connectivity index (χ0v) is 9.46. The molecule has 1 rings (SSSR count). The first kappa shape index (κ1) is 12.3. The minimum atomic E-state index is 0.304. The number of rotatable bonds is 8. The molecule has 0 radical (unpaired) electrons. The fourth-order valence-corrected chi connectivity index (χ4v) is 1.46. The molecule has 0 saturated heterocycles. The second kappa shape index (κ2) is 7.49. The van der Waals surface area contributed by atoms with Gasteiger partial charge in [-0.15, -0.1) is 0 Å². The first-order chi connectivity index (χ1) is 7.36. The lowest BCUT2D eigenvalue weighted by Crippen LogP contribution is -2.14. The van der Waals surface area contributed by atoms with E-state index in [4.69, 9.17) is 9.52 Å². The molecule has 0 unspecified atom stereocenters. The summed E-state index contributed by atoms with van der Waals surface area (Å²) < 4.78 is 5.56. The molecule has 1 aromatic heterocycles. The number of aryl methyl sites for hydroxylation is 1. The third kappa shape index (κ3) is 5.00. The fraction of sp³-hybridized carbons (Fsp3) is 0.667. The van der Waals surface area contributed by atoms with Gasteiger partial charge in [-0.3, -0.25) is 0 Å². The SMILES string of the molecule is CCc1ccc(CNCCCCCO)o1. The van der Waals surface area contributed by atoms with Gasteiger partial charge in [0.2, 0.25) is 0 Å². The van der Waals surface area contributed by atoms with Gasteiger partial charge in [0.25, 0.3) is 0 Å². The van der Waals surface area contributed by atoms with E-state index in [2.05, 4.69) is 12.2 Å². The molecule has 0 amide bonds. The van der Waals surface area contributed by atoms with Gasteiger partial charge in [0.15, 0.2) is 0 Å². The summed E-state index contributed by atoms with van der Waals surface area (Å²) in [5, 5.41) is 11.9. The molecule has 0 fully saturated rings. The summed E-state index contributed by atoms with van der Waals surface area (Å²) in [7, 11) is 0. The van der Waals surface area contributed by atoms with Gasteiger partial charge in [-0.05, 0) is 37.9 Å². The van der Waals surface area contributed by atoms with Crippen LogP contribution in [-0.4, -0.2) is 18.3 Å². The predicted molar refractivity (Wildman–Crippen MR) is 60.7 cm³/mol. The standard InChI is InChI=1S/C12H21NO2/c1-2-11-6-7-12(15-11)10-13-8-4-3-5-9-14/h6-7,13-14H,2-5,8-10H2,1H3. The highest BCUT2D eigenvalue weighted by Crippen LogP contribution is 2.07. The first-order valence-electron chi connectivity index (χ1n) is 5.76. The molecule has 1 heterocycles. The highest BCUT2D eigenvalue weighted by atomic mass is 16.3. The van der Waals surface area contributed by atoms with Gasteiger partial charge in [0.1, 0.15) is 11.5 Å². The van der Waals surface area contributed by atoms with E-state index in [1.165, 1.54) is 0 Å². The van der Waals surface area contributed by atoms with E-state index in [1.54, 1.807) is 0 Å². The molecule has 3 nitrogen and oxygen atoms in total. The summed E-state index contributed by atoms with van der Waals surface area (Å²) in [5.74, 6) is 2.06. The van der Waals surface area contributed by atoms with E-state index >= 15 is 0 Å². The molecule has 2 N–H and O–H groups in total. The van der Waals surface area contributed by atoms with Crippen LogP contribution in [0.5, 0.6) is 0 Å². The molecule has 0 atom stereocenters. The average molecular weight is 211 g/mol. The van der Waals surface area contributed by atoms with Crippen molar-refractivity contribution in [2.24, 2.45) is 0 Å². The maximum Gasteiger partial charge on any atom is 0.117 e. The lowest BCUT2D eigenvalue weighted by atomic mass is 10.2. The Kier molecular flexibility index (Phi) is 6.12. The van der Waals surface area contributed by atoms with Crippen molar-refractivity contribution in [1.82, 2.24) is 5.32 Å². The van der Waals surface area contributed by atoms with E-state index in [0.29, 0.717) is 6.61 Å². The van der Waals surface area contributed by atoms with E-state index in [-0.39, 0.29) is 0 Å². The molecule has 0 saturated carbocycles. The first-order valence-corrected chi connectivity index (χ1v) is 5.76. The van der Waals surface area contributed by atoms with Crippen LogP contribution in [0.3, 0.4) is 0 Å². The van der Waals surface area contributed by atoms with Crippen LogP contribution >= 0.6 is 0 Å². The Morgan fingerprint density at radius 1 is 1.20 bits per heavy atom. The summed E-state index contributed by atoms with van der Waals surface area (Å²) in [5.41, 5.74) is 0. The summed E-state index contributed by atoms with van der Waals surface area (Å²) in [6.07, 6.45) is 4.06. The largest absolute Gasteiger partial charge is 0.465 e. The summed E-state index contributed by atoms with van der Waals surface area (Å²) in [6, 6.07) is 4.06. The Morgan fingerprint density at radius 3 is 2.67 bits per heavy atom. The van der Waals surface area contributed by atoms with Gasteiger partial charge >= 0.3 is 0 Å². The van der Waals surface area contributed by atoms with Crippen LogP contribution in [0.2, 0.25) is 0 Å². The monoisotopic (exact) mass is 211 g/mol. The number of nitrogens with one attached hydrogen (secondary N) is 1. The van der Waals surface area contributed by atoms with Gasteiger partial charge in [0, 0.05) is 13.0 Å². The van der Waals surface area contributed by atoms with Crippen molar-refractivity contribution in [2.75, 3.05) is 13.2 Å². The molecule has 0 spiro atoms. The zero-order valence-electron chi connectivity index (χ0n) is 9.46. The minimum Gasteiger partial charge on any atom is -0.465 e. The normalized spacial score (nSPS) is 10.8. The zero-order chi connectivity index (χ0) is 10.9. The lowest BCUT2D eigenvalue weighted by molar-refractivity contribution is 0.282. The lowest BCUT2D eigenvalue weighted by Gasteiger charge is -2.01. The second-order valence-corrected chi connectivity index (χ2v) is 3.68. The van der Waals surface area contributed by atoms with Gasteiger partial charge in [-0.2, -0.15) is 0 Å². The molecule has 1 aromatic rings. The summed E-state index contributed by atoms with van der Waals surface area (Å²) in [4.78, 5) is 0. The van der Waals surface area contributed by atoms with Crippen molar-refractivity contribution < 1.29 is 9.52 Å². The van der Waals surface area contributed by atoms with Crippen molar-refractivity contribution in [3.63, 3.8) is 0 Å². The van der Waals surface area contributed by atoms with E-state index in [9.17, 15) is 0 Å². The van der Waals surface area contributed by atoms with Crippen molar-refractivity contribution in [3.8, 4) is 0 Å². The Hall–Kier alpha value is -0.800. The Labute approximate surface area is 91.5 Å². The summed E-state index contributed by atoms with van der Waals surface area (Å²) in [6.45, 7) is 4.18. The molecule has 3 heteroatoms. The summed E-state index contributed by atoms with van der Waals surface area (Å²) >= 11 is 0. The second-order valence-electron chi connectivity index (χ2n) is 3.68. The predicted octanol–water partition coefficient (Wildman–Crippen LogP) is 2.09. The molecular formula is C12H21NO2. The molecule has 0 aliphatic rings. The maximum absolute atomic E-state index is 8.60. The van der Waals surface area contributed by atoms with E-state index in [1.807, 2.05) is 12.1 Å². The number of aliphatic hydroxyl groups is 1. The third-order valence-electron chi connectivity index (χ3n) is 2.38.